The van der Waals surface area contributed by atoms with E-state index in [1.807, 2.05) is 6.07 Å². The Hall–Kier alpha value is -3.33. The van der Waals surface area contributed by atoms with Crippen LogP contribution in [0, 0.1) is 6.92 Å². The number of nitrogens with zero attached hydrogens (tertiary/aromatic N) is 2. The Labute approximate surface area is 161 Å². The Morgan fingerprint density at radius 3 is 2.50 bits per heavy atom. The molecule has 0 spiro atoms. The van der Waals surface area contributed by atoms with E-state index in [2.05, 4.69) is 10.0 Å². The molecular formula is C19H18N4O4S. The summed E-state index contributed by atoms with van der Waals surface area (Å²) in [7, 11) is -2.31. The summed E-state index contributed by atoms with van der Waals surface area (Å²) in [5, 5.41) is 2.66. The van der Waals surface area contributed by atoms with Crippen LogP contribution in [-0.4, -0.2) is 23.7 Å². The van der Waals surface area contributed by atoms with E-state index in [0.717, 1.165) is 0 Å². The van der Waals surface area contributed by atoms with Crippen LogP contribution in [0.3, 0.4) is 0 Å². The van der Waals surface area contributed by atoms with Gasteiger partial charge in [-0.15, -0.1) is 0 Å². The number of carbonyl (C=O) groups excluding carboxylic acids is 1. The molecule has 3 aromatic rings. The number of hydrogen-bond acceptors (Lipinski definition) is 4. The number of fused-ring (bicyclic) bond motifs is 1. The van der Waals surface area contributed by atoms with E-state index < -0.39 is 15.6 Å². The highest BCUT2D eigenvalue weighted by Crippen LogP contribution is 2.27. The highest BCUT2D eigenvalue weighted by molar-refractivity contribution is 7.92. The molecule has 1 amide bonds. The van der Waals surface area contributed by atoms with Gasteiger partial charge in [-0.25, -0.2) is 13.1 Å². The lowest BCUT2D eigenvalue weighted by Gasteiger charge is -2.08. The predicted octanol–water partition coefficient (Wildman–Crippen LogP) is 1.78. The number of anilines is 2. The second kappa shape index (κ2) is 6.38. The zero-order chi connectivity index (χ0) is 20.1. The summed E-state index contributed by atoms with van der Waals surface area (Å²) in [5.74, 6) is -0.179. The first-order valence-corrected chi connectivity index (χ1v) is 10.1. The zero-order valence-corrected chi connectivity index (χ0v) is 16.1. The van der Waals surface area contributed by atoms with Crippen LogP contribution in [0.5, 0.6) is 0 Å². The fourth-order valence-electron chi connectivity index (χ4n) is 3.25. The van der Waals surface area contributed by atoms with Crippen LogP contribution in [0.2, 0.25) is 0 Å². The lowest BCUT2D eigenvalue weighted by Crippen LogP contribution is -2.23. The molecular weight excluding hydrogens is 380 g/mol. The number of benzene rings is 2. The van der Waals surface area contributed by atoms with E-state index in [1.165, 1.54) is 16.8 Å². The van der Waals surface area contributed by atoms with Crippen molar-refractivity contribution in [2.75, 3.05) is 10.0 Å². The van der Waals surface area contributed by atoms with Crippen molar-refractivity contribution >= 4 is 27.3 Å². The second-order valence-corrected chi connectivity index (χ2v) is 8.27. The molecule has 0 radical (unpaired) electrons. The Balaban J connectivity index is 1.75. The average molecular weight is 398 g/mol. The molecule has 0 atom stereocenters. The molecule has 1 aliphatic heterocycles. The molecule has 4 rings (SSSR count). The van der Waals surface area contributed by atoms with Crippen molar-refractivity contribution in [1.82, 2.24) is 9.36 Å². The first kappa shape index (κ1) is 18.1. The number of para-hydroxylation sites is 1. The van der Waals surface area contributed by atoms with Crippen LogP contribution in [-0.2, 0) is 28.3 Å². The maximum atomic E-state index is 12.9. The Bertz CT molecular complexity index is 1260. The minimum atomic E-state index is -4.00. The van der Waals surface area contributed by atoms with Crippen molar-refractivity contribution < 1.29 is 13.2 Å². The molecule has 0 bridgehead atoms. The van der Waals surface area contributed by atoms with Gasteiger partial charge in [0.2, 0.25) is 5.91 Å². The number of rotatable bonds is 4. The first-order valence-electron chi connectivity index (χ1n) is 8.57. The van der Waals surface area contributed by atoms with E-state index in [4.69, 9.17) is 0 Å². The topological polar surface area (TPSA) is 102 Å². The van der Waals surface area contributed by atoms with Crippen LogP contribution < -0.4 is 15.6 Å². The SMILES string of the molecule is Cc1c(NS(=O)(=O)c2ccc3c(c2)CC(=O)N3)c(=O)n(-c2ccccc2)n1C. The second-order valence-electron chi connectivity index (χ2n) is 6.59. The normalized spacial score (nSPS) is 13.3. The fraction of sp³-hybridized carbons (Fsp3) is 0.158. The monoisotopic (exact) mass is 398 g/mol. The number of aromatic nitrogens is 2. The van der Waals surface area contributed by atoms with Gasteiger partial charge < -0.3 is 5.32 Å². The molecule has 0 fully saturated rings. The summed E-state index contributed by atoms with van der Waals surface area (Å²) in [4.78, 5) is 24.4. The van der Waals surface area contributed by atoms with Gasteiger partial charge >= 0.3 is 0 Å². The predicted molar refractivity (Wildman–Crippen MR) is 105 cm³/mol. The fourth-order valence-corrected chi connectivity index (χ4v) is 4.42. The van der Waals surface area contributed by atoms with Gasteiger partial charge in [-0.1, -0.05) is 18.2 Å². The number of hydrogen-bond donors (Lipinski definition) is 2. The van der Waals surface area contributed by atoms with Gasteiger partial charge in [-0.3, -0.25) is 19.0 Å². The van der Waals surface area contributed by atoms with Crippen molar-refractivity contribution in [3.05, 3.63) is 70.1 Å². The summed E-state index contributed by atoms with van der Waals surface area (Å²) in [6.45, 7) is 1.67. The molecule has 1 aromatic heterocycles. The molecule has 9 heteroatoms. The average Bonchev–Trinajstić information content (AvgIpc) is 3.13. The maximum absolute atomic E-state index is 12.9. The van der Waals surface area contributed by atoms with Crippen molar-refractivity contribution in [1.29, 1.82) is 0 Å². The van der Waals surface area contributed by atoms with Gasteiger partial charge in [0.05, 0.1) is 22.7 Å². The largest absolute Gasteiger partial charge is 0.326 e. The third kappa shape index (κ3) is 2.89. The van der Waals surface area contributed by atoms with Crippen LogP contribution >= 0.6 is 0 Å². The number of nitrogens with one attached hydrogen (secondary N) is 2. The minimum absolute atomic E-state index is 0.00309. The van der Waals surface area contributed by atoms with Gasteiger partial charge in [-0.2, -0.15) is 0 Å². The highest BCUT2D eigenvalue weighted by Gasteiger charge is 2.25. The Morgan fingerprint density at radius 2 is 1.79 bits per heavy atom. The highest BCUT2D eigenvalue weighted by atomic mass is 32.2. The molecule has 28 heavy (non-hydrogen) atoms. The minimum Gasteiger partial charge on any atom is -0.326 e. The number of sulfonamides is 1. The summed E-state index contributed by atoms with van der Waals surface area (Å²) in [6.07, 6.45) is 0.129. The Kier molecular flexibility index (Phi) is 4.11. The molecule has 0 saturated carbocycles. The third-order valence-electron chi connectivity index (χ3n) is 4.80. The first-order chi connectivity index (χ1) is 13.3. The van der Waals surface area contributed by atoms with Crippen LogP contribution in [0.1, 0.15) is 11.3 Å². The maximum Gasteiger partial charge on any atom is 0.296 e. The lowest BCUT2D eigenvalue weighted by molar-refractivity contribution is -0.115. The zero-order valence-electron chi connectivity index (χ0n) is 15.3. The molecule has 2 aromatic carbocycles. The van der Waals surface area contributed by atoms with E-state index in [0.29, 0.717) is 22.6 Å². The van der Waals surface area contributed by atoms with Crippen molar-refractivity contribution in [3.8, 4) is 5.69 Å². The molecule has 0 saturated heterocycles. The summed E-state index contributed by atoms with van der Waals surface area (Å²) in [5.41, 5.74) is 1.85. The summed E-state index contributed by atoms with van der Waals surface area (Å²) in [6, 6.07) is 13.4. The van der Waals surface area contributed by atoms with Crippen molar-refractivity contribution in [2.24, 2.45) is 7.05 Å². The quantitative estimate of drug-likeness (QED) is 0.699. The van der Waals surface area contributed by atoms with Gasteiger partial charge in [0, 0.05) is 12.7 Å². The van der Waals surface area contributed by atoms with Crippen molar-refractivity contribution in [3.63, 3.8) is 0 Å². The van der Waals surface area contributed by atoms with E-state index in [-0.39, 0.29) is 22.9 Å². The van der Waals surface area contributed by atoms with Gasteiger partial charge in [0.25, 0.3) is 15.6 Å². The standard InChI is InChI=1S/C19H18N4O4S/c1-12-18(19(25)23(22(12)2)14-6-4-3-5-7-14)21-28(26,27)15-8-9-16-13(10-15)11-17(24)20-16/h3-10,21H,11H2,1-2H3,(H,20,24). The molecule has 2 heterocycles. The van der Waals surface area contributed by atoms with Crippen LogP contribution in [0.4, 0.5) is 11.4 Å². The van der Waals surface area contributed by atoms with Gasteiger partial charge in [0.1, 0.15) is 5.69 Å². The van der Waals surface area contributed by atoms with Crippen LogP contribution in [0.25, 0.3) is 5.69 Å². The molecule has 144 valence electrons. The molecule has 8 nitrogen and oxygen atoms in total. The van der Waals surface area contributed by atoms with E-state index >= 15 is 0 Å². The molecule has 0 aliphatic carbocycles. The van der Waals surface area contributed by atoms with Crippen LogP contribution in [0.15, 0.2) is 58.2 Å². The summed E-state index contributed by atoms with van der Waals surface area (Å²) >= 11 is 0. The van der Waals surface area contributed by atoms with Gasteiger partial charge in [0.15, 0.2) is 0 Å². The molecule has 1 aliphatic rings. The Morgan fingerprint density at radius 1 is 1.07 bits per heavy atom. The van der Waals surface area contributed by atoms with Gasteiger partial charge in [-0.05, 0) is 42.8 Å². The molecule has 2 N–H and O–H groups in total. The van der Waals surface area contributed by atoms with E-state index in [9.17, 15) is 18.0 Å². The number of amides is 1. The van der Waals surface area contributed by atoms with Crippen molar-refractivity contribution in [2.45, 2.75) is 18.2 Å². The van der Waals surface area contributed by atoms with E-state index in [1.54, 1.807) is 49.0 Å². The summed E-state index contributed by atoms with van der Waals surface area (Å²) < 4.78 is 31.2. The lowest BCUT2D eigenvalue weighted by atomic mass is 10.2. The smallest absolute Gasteiger partial charge is 0.296 e. The third-order valence-corrected chi connectivity index (χ3v) is 6.15. The number of carbonyl (C=O) groups is 1. The molecule has 0 unspecified atom stereocenters.